The molecule has 3 rings (SSSR count). The molecule has 1 heterocycles. The van der Waals surface area contributed by atoms with Crippen LogP contribution in [0.25, 0.3) is 0 Å². The molecule has 0 aromatic heterocycles. The minimum absolute atomic E-state index is 0.0415. The summed E-state index contributed by atoms with van der Waals surface area (Å²) in [5.74, 6) is 0.531. The van der Waals surface area contributed by atoms with Gasteiger partial charge in [-0.2, -0.15) is 0 Å². The Bertz CT molecular complexity index is 861. The van der Waals surface area contributed by atoms with Crippen molar-refractivity contribution in [3.8, 4) is 5.75 Å². The van der Waals surface area contributed by atoms with Gasteiger partial charge in [0.15, 0.2) is 0 Å². The Balaban J connectivity index is 1.57. The molecule has 1 amide bonds. The van der Waals surface area contributed by atoms with Crippen molar-refractivity contribution in [3.05, 3.63) is 52.0 Å². The lowest BCUT2D eigenvalue weighted by Crippen LogP contribution is -2.48. The third-order valence-corrected chi connectivity index (χ3v) is 5.82. The van der Waals surface area contributed by atoms with Gasteiger partial charge in [-0.3, -0.25) is 9.69 Å². The number of ether oxygens (including phenoxy) is 1. The van der Waals surface area contributed by atoms with E-state index in [0.717, 1.165) is 31.7 Å². The molecule has 6 heteroatoms. The number of aryl methyl sites for hydroxylation is 2. The van der Waals surface area contributed by atoms with Crippen LogP contribution in [-0.2, 0) is 4.79 Å². The van der Waals surface area contributed by atoms with Crippen molar-refractivity contribution in [2.45, 2.75) is 20.8 Å². The predicted molar refractivity (Wildman–Crippen MR) is 116 cm³/mol. The van der Waals surface area contributed by atoms with Crippen LogP contribution in [-0.4, -0.2) is 50.6 Å². The Morgan fingerprint density at radius 1 is 1.11 bits per heavy atom. The van der Waals surface area contributed by atoms with Gasteiger partial charge in [-0.25, -0.2) is 0 Å². The SMILES string of the molecule is COc1cc(Cl)c(C)cc1NC(=O)CN1CCN(c2cccc(C)c2C)CC1. The minimum atomic E-state index is -0.0415. The molecular formula is C22H28ClN3O2. The first kappa shape index (κ1) is 20.5. The van der Waals surface area contributed by atoms with Crippen LogP contribution in [0.15, 0.2) is 30.3 Å². The Kier molecular flexibility index (Phi) is 6.47. The van der Waals surface area contributed by atoms with Gasteiger partial charge in [0, 0.05) is 43.0 Å². The van der Waals surface area contributed by atoms with E-state index in [0.29, 0.717) is 23.0 Å². The third-order valence-electron chi connectivity index (χ3n) is 5.41. The number of hydrogen-bond acceptors (Lipinski definition) is 4. The first-order chi connectivity index (χ1) is 13.4. The number of methoxy groups -OCH3 is 1. The molecule has 5 nitrogen and oxygen atoms in total. The zero-order chi connectivity index (χ0) is 20.3. The highest BCUT2D eigenvalue weighted by molar-refractivity contribution is 6.31. The van der Waals surface area contributed by atoms with E-state index in [4.69, 9.17) is 16.3 Å². The van der Waals surface area contributed by atoms with Crippen molar-refractivity contribution in [1.82, 2.24) is 4.90 Å². The number of piperazine rings is 1. The maximum Gasteiger partial charge on any atom is 0.238 e. The molecule has 28 heavy (non-hydrogen) atoms. The van der Waals surface area contributed by atoms with Crippen molar-refractivity contribution in [2.75, 3.05) is 50.1 Å². The van der Waals surface area contributed by atoms with Crippen molar-refractivity contribution in [2.24, 2.45) is 0 Å². The first-order valence-electron chi connectivity index (χ1n) is 9.56. The topological polar surface area (TPSA) is 44.8 Å². The molecule has 1 saturated heterocycles. The van der Waals surface area contributed by atoms with Crippen LogP contribution in [0.2, 0.25) is 5.02 Å². The van der Waals surface area contributed by atoms with E-state index >= 15 is 0 Å². The molecule has 2 aromatic carbocycles. The van der Waals surface area contributed by atoms with Crippen LogP contribution in [0.5, 0.6) is 5.75 Å². The van der Waals surface area contributed by atoms with Crippen LogP contribution in [0.3, 0.4) is 0 Å². The number of carbonyl (C=O) groups excluding carboxylic acids is 1. The fraction of sp³-hybridized carbons (Fsp3) is 0.409. The quantitative estimate of drug-likeness (QED) is 0.821. The molecule has 150 valence electrons. The number of hydrogen-bond donors (Lipinski definition) is 1. The lowest BCUT2D eigenvalue weighted by atomic mass is 10.1. The van der Waals surface area contributed by atoms with Gasteiger partial charge >= 0.3 is 0 Å². The minimum Gasteiger partial charge on any atom is -0.495 e. The second-order valence-corrected chi connectivity index (χ2v) is 7.74. The molecule has 1 fully saturated rings. The maximum absolute atomic E-state index is 12.5. The maximum atomic E-state index is 12.5. The van der Waals surface area contributed by atoms with Crippen molar-refractivity contribution in [3.63, 3.8) is 0 Å². The summed E-state index contributed by atoms with van der Waals surface area (Å²) in [4.78, 5) is 17.1. The van der Waals surface area contributed by atoms with Crippen LogP contribution in [0, 0.1) is 20.8 Å². The van der Waals surface area contributed by atoms with Crippen LogP contribution < -0.4 is 15.0 Å². The average molecular weight is 402 g/mol. The summed E-state index contributed by atoms with van der Waals surface area (Å²) >= 11 is 6.14. The van der Waals surface area contributed by atoms with Crippen LogP contribution in [0.1, 0.15) is 16.7 Å². The molecule has 0 atom stereocenters. The smallest absolute Gasteiger partial charge is 0.238 e. The van der Waals surface area contributed by atoms with Crippen molar-refractivity contribution >= 4 is 28.9 Å². The second kappa shape index (κ2) is 8.84. The molecule has 0 unspecified atom stereocenters. The number of nitrogens with one attached hydrogen (secondary N) is 1. The van der Waals surface area contributed by atoms with E-state index in [1.807, 2.05) is 13.0 Å². The summed E-state index contributed by atoms with van der Waals surface area (Å²) in [5, 5.41) is 3.58. The fourth-order valence-electron chi connectivity index (χ4n) is 3.55. The molecule has 0 aliphatic carbocycles. The molecule has 1 N–H and O–H groups in total. The van der Waals surface area contributed by atoms with Gasteiger partial charge in [0.1, 0.15) is 5.75 Å². The molecule has 1 aliphatic rings. The summed E-state index contributed by atoms with van der Waals surface area (Å²) < 4.78 is 5.34. The Morgan fingerprint density at radius 3 is 2.50 bits per heavy atom. The molecular weight excluding hydrogens is 374 g/mol. The van der Waals surface area contributed by atoms with E-state index in [1.54, 1.807) is 13.2 Å². The summed E-state index contributed by atoms with van der Waals surface area (Å²) in [6, 6.07) is 10.0. The Hall–Kier alpha value is -2.24. The van der Waals surface area contributed by atoms with E-state index < -0.39 is 0 Å². The molecule has 1 aliphatic heterocycles. The number of amides is 1. The third kappa shape index (κ3) is 4.59. The van der Waals surface area contributed by atoms with Crippen LogP contribution >= 0.6 is 11.6 Å². The second-order valence-electron chi connectivity index (χ2n) is 7.33. The first-order valence-corrected chi connectivity index (χ1v) is 9.94. The fourth-order valence-corrected chi connectivity index (χ4v) is 3.70. The highest BCUT2D eigenvalue weighted by Crippen LogP contribution is 2.31. The van der Waals surface area contributed by atoms with Gasteiger partial charge in [-0.05, 0) is 49.6 Å². The zero-order valence-electron chi connectivity index (χ0n) is 17.0. The van der Waals surface area contributed by atoms with Crippen molar-refractivity contribution in [1.29, 1.82) is 0 Å². The van der Waals surface area contributed by atoms with E-state index in [-0.39, 0.29) is 5.91 Å². The van der Waals surface area contributed by atoms with E-state index in [1.165, 1.54) is 16.8 Å². The summed E-state index contributed by atoms with van der Waals surface area (Å²) in [6.07, 6.45) is 0. The van der Waals surface area contributed by atoms with Gasteiger partial charge in [0.2, 0.25) is 5.91 Å². The number of anilines is 2. The Morgan fingerprint density at radius 2 is 1.82 bits per heavy atom. The number of nitrogens with zero attached hydrogens (tertiary/aromatic N) is 2. The zero-order valence-corrected chi connectivity index (χ0v) is 17.8. The molecule has 0 radical (unpaired) electrons. The monoisotopic (exact) mass is 401 g/mol. The molecule has 0 saturated carbocycles. The standard InChI is InChI=1S/C22H28ClN3O2/c1-15-6-5-7-20(17(15)3)26-10-8-25(9-11-26)14-22(27)24-19-12-16(2)18(23)13-21(19)28-4/h5-7,12-13H,8-11,14H2,1-4H3,(H,24,27). The lowest BCUT2D eigenvalue weighted by Gasteiger charge is -2.36. The number of rotatable bonds is 5. The van der Waals surface area contributed by atoms with Gasteiger partial charge in [0.25, 0.3) is 0 Å². The number of halogens is 1. The average Bonchev–Trinajstić information content (AvgIpc) is 2.67. The number of benzene rings is 2. The van der Waals surface area contributed by atoms with E-state index in [2.05, 4.69) is 47.2 Å². The van der Waals surface area contributed by atoms with Gasteiger partial charge in [0.05, 0.1) is 19.3 Å². The van der Waals surface area contributed by atoms with Crippen molar-refractivity contribution < 1.29 is 9.53 Å². The summed E-state index contributed by atoms with van der Waals surface area (Å²) in [7, 11) is 1.57. The van der Waals surface area contributed by atoms with Crippen LogP contribution in [0.4, 0.5) is 11.4 Å². The summed E-state index contributed by atoms with van der Waals surface area (Å²) in [6.45, 7) is 10.1. The van der Waals surface area contributed by atoms with Gasteiger partial charge in [-0.1, -0.05) is 23.7 Å². The molecule has 0 bridgehead atoms. The van der Waals surface area contributed by atoms with Gasteiger partial charge in [-0.15, -0.1) is 0 Å². The lowest BCUT2D eigenvalue weighted by molar-refractivity contribution is -0.117. The predicted octanol–water partition coefficient (Wildman–Crippen LogP) is 4.03. The number of carbonyl (C=O) groups is 1. The Labute approximate surface area is 172 Å². The highest BCUT2D eigenvalue weighted by Gasteiger charge is 2.21. The normalized spacial score (nSPS) is 14.8. The van der Waals surface area contributed by atoms with E-state index in [9.17, 15) is 4.79 Å². The summed E-state index contributed by atoms with van der Waals surface area (Å²) in [5.41, 5.74) is 5.50. The largest absolute Gasteiger partial charge is 0.495 e. The highest BCUT2D eigenvalue weighted by atomic mass is 35.5. The molecule has 0 spiro atoms. The molecule has 2 aromatic rings. The van der Waals surface area contributed by atoms with Gasteiger partial charge < -0.3 is 15.0 Å².